The minimum absolute atomic E-state index is 0.514. The molecule has 2 rings (SSSR count). The van der Waals surface area contributed by atoms with Crippen LogP contribution < -0.4 is 4.73 Å². The van der Waals surface area contributed by atoms with E-state index in [0.29, 0.717) is 15.1 Å². The standard InChI is InChI=1S/C11H7Cl2NOS2/c12-9-5-4-8(7-10(9)13)16-17-11-3-1-2-6-14(11)15/h1-7H. The lowest BCUT2D eigenvalue weighted by atomic mass is 10.4. The van der Waals surface area contributed by atoms with Crippen LogP contribution in [0.15, 0.2) is 52.5 Å². The largest absolute Gasteiger partial charge is 0.618 e. The number of nitrogens with zero attached hydrogens (tertiary/aromatic N) is 1. The third-order valence-electron chi connectivity index (χ3n) is 1.90. The number of benzene rings is 1. The van der Waals surface area contributed by atoms with Gasteiger partial charge in [0.15, 0.2) is 6.20 Å². The van der Waals surface area contributed by atoms with Gasteiger partial charge < -0.3 is 5.21 Å². The van der Waals surface area contributed by atoms with Crippen molar-refractivity contribution in [3.63, 3.8) is 0 Å². The fraction of sp³-hybridized carbons (Fsp3) is 0. The van der Waals surface area contributed by atoms with Crippen molar-refractivity contribution in [2.75, 3.05) is 0 Å². The molecule has 0 bridgehead atoms. The van der Waals surface area contributed by atoms with E-state index in [1.165, 1.54) is 27.8 Å². The van der Waals surface area contributed by atoms with Gasteiger partial charge in [0.1, 0.15) is 0 Å². The molecule has 0 spiro atoms. The highest BCUT2D eigenvalue weighted by Gasteiger charge is 2.07. The first kappa shape index (κ1) is 12.9. The van der Waals surface area contributed by atoms with Crippen LogP contribution in [0, 0.1) is 5.21 Å². The number of halogens is 2. The molecular weight excluding hydrogens is 297 g/mol. The van der Waals surface area contributed by atoms with E-state index in [0.717, 1.165) is 9.63 Å². The summed E-state index contributed by atoms with van der Waals surface area (Å²) in [5, 5.41) is 13.1. The monoisotopic (exact) mass is 303 g/mol. The summed E-state index contributed by atoms with van der Waals surface area (Å²) in [6.07, 6.45) is 1.47. The Bertz CT molecular complexity index is 537. The lowest BCUT2D eigenvalue weighted by Gasteiger charge is -2.03. The van der Waals surface area contributed by atoms with Gasteiger partial charge in [0.2, 0.25) is 0 Å². The van der Waals surface area contributed by atoms with Gasteiger partial charge in [0.25, 0.3) is 5.03 Å². The van der Waals surface area contributed by atoms with E-state index in [-0.39, 0.29) is 0 Å². The number of pyridine rings is 1. The van der Waals surface area contributed by atoms with E-state index in [9.17, 15) is 5.21 Å². The minimum atomic E-state index is 0.514. The Morgan fingerprint density at radius 1 is 1.00 bits per heavy atom. The highest BCUT2D eigenvalue weighted by Crippen LogP contribution is 2.37. The zero-order valence-electron chi connectivity index (χ0n) is 8.47. The topological polar surface area (TPSA) is 26.9 Å². The molecule has 1 aromatic heterocycles. The molecule has 0 amide bonds. The zero-order chi connectivity index (χ0) is 12.3. The van der Waals surface area contributed by atoms with E-state index in [4.69, 9.17) is 23.2 Å². The van der Waals surface area contributed by atoms with Gasteiger partial charge in [0.05, 0.1) is 10.0 Å². The predicted molar refractivity (Wildman–Crippen MR) is 73.6 cm³/mol. The summed E-state index contributed by atoms with van der Waals surface area (Å²) in [5.74, 6) is 0. The molecule has 0 saturated heterocycles. The van der Waals surface area contributed by atoms with Crippen LogP contribution in [0.5, 0.6) is 0 Å². The fourth-order valence-corrected chi connectivity index (χ4v) is 3.44. The molecule has 2 nitrogen and oxygen atoms in total. The van der Waals surface area contributed by atoms with Crippen molar-refractivity contribution < 1.29 is 4.73 Å². The molecule has 0 aliphatic carbocycles. The molecule has 17 heavy (non-hydrogen) atoms. The molecule has 1 heterocycles. The molecule has 0 fully saturated rings. The molecule has 0 aliphatic heterocycles. The Labute approximate surface area is 117 Å². The average molecular weight is 304 g/mol. The molecular formula is C11H7Cl2NOS2. The highest BCUT2D eigenvalue weighted by molar-refractivity contribution is 8.76. The van der Waals surface area contributed by atoms with E-state index in [2.05, 4.69) is 0 Å². The van der Waals surface area contributed by atoms with Gasteiger partial charge in [-0.1, -0.05) is 23.2 Å². The summed E-state index contributed by atoms with van der Waals surface area (Å²) in [5.41, 5.74) is 0. The summed E-state index contributed by atoms with van der Waals surface area (Å²) >= 11 is 11.7. The summed E-state index contributed by atoms with van der Waals surface area (Å²) in [6.45, 7) is 0. The average Bonchev–Trinajstić information content (AvgIpc) is 2.32. The second-order valence-corrected chi connectivity index (χ2v) is 6.14. The first-order valence-corrected chi connectivity index (χ1v) is 7.55. The van der Waals surface area contributed by atoms with Crippen molar-refractivity contribution in [3.8, 4) is 0 Å². The van der Waals surface area contributed by atoms with E-state index in [1.807, 2.05) is 12.1 Å². The number of hydrogen-bond acceptors (Lipinski definition) is 3. The van der Waals surface area contributed by atoms with Crippen molar-refractivity contribution in [2.24, 2.45) is 0 Å². The molecule has 0 N–H and O–H groups in total. The second kappa shape index (κ2) is 5.87. The van der Waals surface area contributed by atoms with Crippen LogP contribution in [0.4, 0.5) is 0 Å². The van der Waals surface area contributed by atoms with Crippen molar-refractivity contribution in [2.45, 2.75) is 9.92 Å². The molecule has 2 aromatic rings. The predicted octanol–water partition coefficient (Wildman–Crippen LogP) is 4.43. The Kier molecular flexibility index (Phi) is 4.45. The summed E-state index contributed by atoms with van der Waals surface area (Å²) in [6, 6.07) is 10.7. The zero-order valence-corrected chi connectivity index (χ0v) is 11.6. The van der Waals surface area contributed by atoms with Gasteiger partial charge in [-0.3, -0.25) is 0 Å². The normalized spacial score (nSPS) is 10.5. The fourth-order valence-electron chi connectivity index (χ4n) is 1.10. The molecule has 6 heteroatoms. The SMILES string of the molecule is [O-][n+]1ccccc1SSc1ccc(Cl)c(Cl)c1. The minimum Gasteiger partial charge on any atom is -0.618 e. The van der Waals surface area contributed by atoms with Gasteiger partial charge >= 0.3 is 0 Å². The summed E-state index contributed by atoms with van der Waals surface area (Å²) in [7, 11) is 2.84. The second-order valence-electron chi connectivity index (χ2n) is 3.11. The maximum atomic E-state index is 11.4. The Morgan fingerprint density at radius 2 is 1.82 bits per heavy atom. The first-order valence-electron chi connectivity index (χ1n) is 4.64. The quantitative estimate of drug-likeness (QED) is 0.477. The van der Waals surface area contributed by atoms with Crippen LogP contribution >= 0.6 is 44.8 Å². The van der Waals surface area contributed by atoms with Gasteiger partial charge in [0, 0.05) is 27.8 Å². The van der Waals surface area contributed by atoms with Crippen LogP contribution in [0.1, 0.15) is 0 Å². The van der Waals surface area contributed by atoms with Gasteiger partial charge in [-0.15, -0.1) is 0 Å². The lowest BCUT2D eigenvalue weighted by Crippen LogP contribution is -2.27. The van der Waals surface area contributed by atoms with Crippen molar-refractivity contribution >= 4 is 44.8 Å². The molecule has 88 valence electrons. The Hall–Kier alpha value is -0.550. The summed E-state index contributed by atoms with van der Waals surface area (Å²) in [4.78, 5) is 0.952. The third kappa shape index (κ3) is 3.45. The lowest BCUT2D eigenvalue weighted by molar-refractivity contribution is -0.645. The molecule has 0 unspecified atom stereocenters. The maximum Gasteiger partial charge on any atom is 0.262 e. The van der Waals surface area contributed by atoms with E-state index >= 15 is 0 Å². The van der Waals surface area contributed by atoms with Crippen LogP contribution in [-0.2, 0) is 0 Å². The Balaban J connectivity index is 2.08. The van der Waals surface area contributed by atoms with Crippen molar-refractivity contribution in [3.05, 3.63) is 57.8 Å². The van der Waals surface area contributed by atoms with Gasteiger partial charge in [-0.05, 0) is 35.1 Å². The first-order chi connectivity index (χ1) is 8.16. The Morgan fingerprint density at radius 3 is 2.53 bits per heavy atom. The number of rotatable bonds is 3. The van der Waals surface area contributed by atoms with E-state index < -0.39 is 0 Å². The molecule has 1 aromatic carbocycles. The highest BCUT2D eigenvalue weighted by atomic mass is 35.5. The van der Waals surface area contributed by atoms with Gasteiger partial charge in [-0.2, -0.15) is 4.73 Å². The van der Waals surface area contributed by atoms with E-state index in [1.54, 1.807) is 24.3 Å². The van der Waals surface area contributed by atoms with Crippen LogP contribution in [0.3, 0.4) is 0 Å². The molecule has 0 saturated carbocycles. The number of hydrogen-bond donors (Lipinski definition) is 0. The molecule has 0 radical (unpaired) electrons. The molecule has 0 atom stereocenters. The maximum absolute atomic E-state index is 11.4. The van der Waals surface area contributed by atoms with Gasteiger partial charge in [-0.25, -0.2) is 0 Å². The van der Waals surface area contributed by atoms with Crippen molar-refractivity contribution in [1.29, 1.82) is 0 Å². The number of aromatic nitrogens is 1. The summed E-state index contributed by atoms with van der Waals surface area (Å²) < 4.78 is 0.829. The van der Waals surface area contributed by atoms with Crippen molar-refractivity contribution in [1.82, 2.24) is 0 Å². The van der Waals surface area contributed by atoms with Crippen LogP contribution in [0.25, 0.3) is 0 Å². The third-order valence-corrected chi connectivity index (χ3v) is 5.00. The molecule has 0 aliphatic rings. The van der Waals surface area contributed by atoms with Crippen LogP contribution in [0.2, 0.25) is 10.0 Å². The van der Waals surface area contributed by atoms with Crippen LogP contribution in [-0.4, -0.2) is 0 Å². The smallest absolute Gasteiger partial charge is 0.262 e.